The number of hydrogen-bond acceptors (Lipinski definition) is 6. The van der Waals surface area contributed by atoms with Gasteiger partial charge < -0.3 is 14.6 Å². The van der Waals surface area contributed by atoms with Crippen LogP contribution >= 0.6 is 11.8 Å². The Morgan fingerprint density at radius 3 is 3.11 bits per heavy atom. The van der Waals surface area contributed by atoms with Crippen LogP contribution in [0.5, 0.6) is 0 Å². The Balaban J connectivity index is 2.01. The topological polar surface area (TPSA) is 69.0 Å². The Kier molecular flexibility index (Phi) is 4.46. The number of thioether (sulfide) groups is 1. The molecule has 2 unspecified atom stereocenters. The lowest BCUT2D eigenvalue weighted by atomic mass is 9.98. The number of nitrogens with zero attached hydrogens (tertiary/aromatic N) is 3. The zero-order valence-electron chi connectivity index (χ0n) is 11.5. The molecule has 1 heterocycles. The van der Waals surface area contributed by atoms with E-state index in [1.165, 1.54) is 0 Å². The molecule has 1 aromatic rings. The quantitative estimate of drug-likeness (QED) is 0.813. The number of rotatable bonds is 5. The minimum Gasteiger partial charge on any atom is -0.465 e. The molecule has 0 spiro atoms. The number of carbonyl (C=O) groups is 1. The Hall–Kier alpha value is -1.08. The zero-order chi connectivity index (χ0) is 13.9. The summed E-state index contributed by atoms with van der Waals surface area (Å²) in [6, 6.07) is 0. The molecule has 1 N–H and O–H groups in total. The Morgan fingerprint density at radius 1 is 1.74 bits per heavy atom. The first-order valence-corrected chi connectivity index (χ1v) is 7.36. The molecular formula is C12H20N4O2S. The highest BCUT2D eigenvalue weighted by Crippen LogP contribution is 2.40. The third kappa shape index (κ3) is 2.92. The van der Waals surface area contributed by atoms with Gasteiger partial charge in [0.25, 0.3) is 0 Å². The van der Waals surface area contributed by atoms with Gasteiger partial charge in [-0.3, -0.25) is 4.79 Å². The van der Waals surface area contributed by atoms with Crippen LogP contribution in [0.15, 0.2) is 11.5 Å². The monoisotopic (exact) mass is 284 g/mol. The highest BCUT2D eigenvalue weighted by Gasteiger charge is 2.45. The lowest BCUT2D eigenvalue weighted by Crippen LogP contribution is -2.49. The van der Waals surface area contributed by atoms with Gasteiger partial charge in [-0.05, 0) is 33.2 Å². The predicted molar refractivity (Wildman–Crippen MR) is 72.9 cm³/mol. The predicted octanol–water partition coefficient (Wildman–Crippen LogP) is 0.981. The molecule has 2 rings (SSSR count). The van der Waals surface area contributed by atoms with Crippen molar-refractivity contribution < 1.29 is 9.53 Å². The SMILES string of the molecule is CCOC(=O)C1(NC)CCC(Sc2nncn2C)C1. The number of aromatic nitrogens is 3. The fourth-order valence-electron chi connectivity index (χ4n) is 2.41. The second kappa shape index (κ2) is 5.92. The molecule has 2 atom stereocenters. The maximum Gasteiger partial charge on any atom is 0.326 e. The number of esters is 1. The molecule has 0 bridgehead atoms. The average molecular weight is 284 g/mol. The summed E-state index contributed by atoms with van der Waals surface area (Å²) in [6.45, 7) is 2.26. The third-order valence-electron chi connectivity index (χ3n) is 3.56. The minimum absolute atomic E-state index is 0.140. The van der Waals surface area contributed by atoms with Crippen molar-refractivity contribution >= 4 is 17.7 Å². The van der Waals surface area contributed by atoms with Gasteiger partial charge >= 0.3 is 5.97 Å². The van der Waals surface area contributed by atoms with Crippen molar-refractivity contribution in [2.45, 2.75) is 42.1 Å². The molecular weight excluding hydrogens is 264 g/mol. The van der Waals surface area contributed by atoms with Crippen LogP contribution in [0.4, 0.5) is 0 Å². The van der Waals surface area contributed by atoms with Crippen molar-refractivity contribution in [2.24, 2.45) is 7.05 Å². The largest absolute Gasteiger partial charge is 0.465 e. The number of carbonyl (C=O) groups excluding carboxylic acids is 1. The summed E-state index contributed by atoms with van der Waals surface area (Å²) in [4.78, 5) is 12.1. The molecule has 0 radical (unpaired) electrons. The maximum absolute atomic E-state index is 12.1. The Labute approximate surface area is 117 Å². The first kappa shape index (κ1) is 14.3. The van der Waals surface area contributed by atoms with E-state index in [1.54, 1.807) is 18.1 Å². The summed E-state index contributed by atoms with van der Waals surface area (Å²) in [7, 11) is 3.75. The highest BCUT2D eigenvalue weighted by atomic mass is 32.2. The van der Waals surface area contributed by atoms with Crippen molar-refractivity contribution in [1.82, 2.24) is 20.1 Å². The van der Waals surface area contributed by atoms with E-state index in [0.717, 1.165) is 24.4 Å². The Morgan fingerprint density at radius 2 is 2.53 bits per heavy atom. The molecule has 1 aliphatic carbocycles. The van der Waals surface area contributed by atoms with Crippen molar-refractivity contribution in [3.8, 4) is 0 Å². The molecule has 7 heteroatoms. The summed E-state index contributed by atoms with van der Waals surface area (Å²) in [5.41, 5.74) is -0.535. The second-order valence-electron chi connectivity index (χ2n) is 4.76. The smallest absolute Gasteiger partial charge is 0.326 e. The number of nitrogens with one attached hydrogen (secondary N) is 1. The van der Waals surface area contributed by atoms with Gasteiger partial charge in [-0.15, -0.1) is 10.2 Å². The van der Waals surface area contributed by atoms with E-state index in [2.05, 4.69) is 15.5 Å². The summed E-state index contributed by atoms with van der Waals surface area (Å²) >= 11 is 1.68. The highest BCUT2D eigenvalue weighted by molar-refractivity contribution is 7.99. The van der Waals surface area contributed by atoms with Gasteiger partial charge in [0.2, 0.25) is 0 Å². The van der Waals surface area contributed by atoms with Gasteiger partial charge in [0.15, 0.2) is 5.16 Å². The van der Waals surface area contributed by atoms with E-state index >= 15 is 0 Å². The van der Waals surface area contributed by atoms with E-state index in [0.29, 0.717) is 11.9 Å². The van der Waals surface area contributed by atoms with Crippen LogP contribution in [0.2, 0.25) is 0 Å². The summed E-state index contributed by atoms with van der Waals surface area (Å²) in [6.07, 6.45) is 4.23. The molecule has 1 saturated carbocycles. The van der Waals surface area contributed by atoms with Crippen LogP contribution in [-0.2, 0) is 16.6 Å². The van der Waals surface area contributed by atoms with E-state index < -0.39 is 5.54 Å². The normalized spacial score (nSPS) is 26.6. The molecule has 6 nitrogen and oxygen atoms in total. The van der Waals surface area contributed by atoms with Gasteiger partial charge in [-0.25, -0.2) is 0 Å². The fraction of sp³-hybridized carbons (Fsp3) is 0.750. The second-order valence-corrected chi connectivity index (χ2v) is 6.03. The third-order valence-corrected chi connectivity index (χ3v) is 4.87. The molecule has 1 aromatic heterocycles. The van der Waals surface area contributed by atoms with Gasteiger partial charge in [0.1, 0.15) is 11.9 Å². The number of likely N-dealkylation sites (N-methyl/N-ethyl adjacent to an activating group) is 1. The Bertz CT molecular complexity index is 451. The molecule has 1 fully saturated rings. The first-order chi connectivity index (χ1) is 9.11. The van der Waals surface area contributed by atoms with Crippen LogP contribution in [0, 0.1) is 0 Å². The summed E-state index contributed by atoms with van der Waals surface area (Å²) in [5.74, 6) is -0.140. The molecule has 0 saturated heterocycles. The summed E-state index contributed by atoms with van der Waals surface area (Å²) in [5, 5.41) is 12.3. The van der Waals surface area contributed by atoms with Gasteiger partial charge in [0, 0.05) is 12.3 Å². The fourth-order valence-corrected chi connectivity index (χ4v) is 3.62. The van der Waals surface area contributed by atoms with Crippen LogP contribution < -0.4 is 5.32 Å². The van der Waals surface area contributed by atoms with Crippen molar-refractivity contribution in [2.75, 3.05) is 13.7 Å². The molecule has 19 heavy (non-hydrogen) atoms. The molecule has 0 aromatic carbocycles. The molecule has 1 aliphatic rings. The number of aryl methyl sites for hydroxylation is 1. The van der Waals surface area contributed by atoms with E-state index in [9.17, 15) is 4.79 Å². The van der Waals surface area contributed by atoms with Crippen LogP contribution in [0.25, 0.3) is 0 Å². The van der Waals surface area contributed by atoms with E-state index in [1.807, 2.05) is 25.6 Å². The van der Waals surface area contributed by atoms with Crippen molar-refractivity contribution in [1.29, 1.82) is 0 Å². The molecule has 0 aliphatic heterocycles. The van der Waals surface area contributed by atoms with Gasteiger partial charge in [-0.1, -0.05) is 11.8 Å². The number of hydrogen-bond donors (Lipinski definition) is 1. The standard InChI is InChI=1S/C12H20N4O2S/c1-4-18-10(17)12(13-2)6-5-9(7-12)19-11-15-14-8-16(11)3/h8-9,13H,4-7H2,1-3H3. The van der Waals surface area contributed by atoms with Gasteiger partial charge in [0.05, 0.1) is 6.61 Å². The van der Waals surface area contributed by atoms with Crippen LogP contribution in [0.1, 0.15) is 26.2 Å². The maximum atomic E-state index is 12.1. The van der Waals surface area contributed by atoms with E-state index in [-0.39, 0.29) is 5.97 Å². The average Bonchev–Trinajstić information content (AvgIpc) is 2.99. The van der Waals surface area contributed by atoms with Crippen LogP contribution in [0.3, 0.4) is 0 Å². The van der Waals surface area contributed by atoms with Crippen molar-refractivity contribution in [3.63, 3.8) is 0 Å². The number of ether oxygens (including phenoxy) is 1. The lowest BCUT2D eigenvalue weighted by Gasteiger charge is -2.26. The lowest BCUT2D eigenvalue weighted by molar-refractivity contribution is -0.150. The molecule has 0 amide bonds. The zero-order valence-corrected chi connectivity index (χ0v) is 12.4. The van der Waals surface area contributed by atoms with Crippen molar-refractivity contribution in [3.05, 3.63) is 6.33 Å². The first-order valence-electron chi connectivity index (χ1n) is 6.48. The van der Waals surface area contributed by atoms with Crippen LogP contribution in [-0.4, -0.2) is 45.2 Å². The van der Waals surface area contributed by atoms with Gasteiger partial charge in [-0.2, -0.15) is 0 Å². The minimum atomic E-state index is -0.535. The summed E-state index contributed by atoms with van der Waals surface area (Å²) < 4.78 is 7.08. The molecule has 106 valence electrons. The van der Waals surface area contributed by atoms with E-state index in [4.69, 9.17) is 4.74 Å².